The molecule has 0 aromatic heterocycles. The summed E-state index contributed by atoms with van der Waals surface area (Å²) in [5.74, 6) is -5.38. The van der Waals surface area contributed by atoms with Gasteiger partial charge in [-0.25, -0.2) is 13.2 Å². The summed E-state index contributed by atoms with van der Waals surface area (Å²) in [5, 5.41) is 1.76. The highest BCUT2D eigenvalue weighted by molar-refractivity contribution is 5.91. The van der Waals surface area contributed by atoms with Gasteiger partial charge < -0.3 is 10.1 Å². The normalized spacial score (nSPS) is 13.5. The minimum atomic E-state index is -3.56. The van der Waals surface area contributed by atoms with Gasteiger partial charge >= 0.3 is 0 Å². The van der Waals surface area contributed by atoms with Crippen LogP contribution in [0.5, 0.6) is 0 Å². The van der Waals surface area contributed by atoms with Gasteiger partial charge in [-0.15, -0.1) is 0 Å². The summed E-state index contributed by atoms with van der Waals surface area (Å²) in [4.78, 5) is 20.8. The first kappa shape index (κ1) is 11.9. The molecule has 0 aliphatic carbocycles. The van der Waals surface area contributed by atoms with Crippen molar-refractivity contribution in [2.24, 2.45) is 5.92 Å². The van der Waals surface area contributed by atoms with Crippen LogP contribution in [-0.2, 0) is 9.59 Å². The van der Waals surface area contributed by atoms with E-state index in [-0.39, 0.29) is 0 Å². The molecule has 0 heterocycles. The molecule has 0 aliphatic heterocycles. The van der Waals surface area contributed by atoms with Crippen LogP contribution in [0.2, 0.25) is 0 Å². The summed E-state index contributed by atoms with van der Waals surface area (Å²) >= 11 is 0. The molecule has 3 nitrogen and oxygen atoms in total. The Morgan fingerprint density at radius 1 is 1.62 bits per heavy atom. The standard InChI is InChI=1S/C7H10F3NO2/c1-5(2-12)6(13)11-4-7(9,10)3-8/h2,5H,3-4H2,1H3,(H,11,13). The molecule has 0 radical (unpaired) electrons. The predicted octanol–water partition coefficient (Wildman–Crippen LogP) is 0.542. The van der Waals surface area contributed by atoms with E-state index in [1.54, 1.807) is 5.32 Å². The molecule has 0 rings (SSSR count). The lowest BCUT2D eigenvalue weighted by Crippen LogP contribution is -2.40. The number of rotatable bonds is 5. The summed E-state index contributed by atoms with van der Waals surface area (Å²) in [7, 11) is 0. The van der Waals surface area contributed by atoms with Crippen molar-refractivity contribution in [3.63, 3.8) is 0 Å². The second-order valence-corrected chi connectivity index (χ2v) is 2.63. The lowest BCUT2D eigenvalue weighted by atomic mass is 10.2. The summed E-state index contributed by atoms with van der Waals surface area (Å²) in [6.45, 7) is -1.65. The predicted molar refractivity (Wildman–Crippen MR) is 39.2 cm³/mol. The Morgan fingerprint density at radius 3 is 2.54 bits per heavy atom. The van der Waals surface area contributed by atoms with Crippen LogP contribution in [-0.4, -0.2) is 31.3 Å². The second kappa shape index (κ2) is 4.84. The maximum Gasteiger partial charge on any atom is 0.292 e. The van der Waals surface area contributed by atoms with Crippen LogP contribution in [0.25, 0.3) is 0 Å². The summed E-state index contributed by atoms with van der Waals surface area (Å²) < 4.78 is 35.9. The maximum absolute atomic E-state index is 12.2. The highest BCUT2D eigenvalue weighted by atomic mass is 19.3. The van der Waals surface area contributed by atoms with E-state index >= 15 is 0 Å². The number of aldehydes is 1. The molecule has 0 spiro atoms. The number of hydrogen-bond donors (Lipinski definition) is 1. The van der Waals surface area contributed by atoms with Crippen molar-refractivity contribution in [2.75, 3.05) is 13.2 Å². The average Bonchev–Trinajstić information content (AvgIpc) is 2.13. The first-order chi connectivity index (χ1) is 5.93. The molecular formula is C7H10F3NO2. The van der Waals surface area contributed by atoms with Gasteiger partial charge in [0.05, 0.1) is 12.5 Å². The summed E-state index contributed by atoms with van der Waals surface area (Å²) in [6, 6.07) is 0. The van der Waals surface area contributed by atoms with Crippen LogP contribution in [0, 0.1) is 5.92 Å². The van der Waals surface area contributed by atoms with Gasteiger partial charge in [-0.1, -0.05) is 0 Å². The van der Waals surface area contributed by atoms with E-state index in [0.29, 0.717) is 6.29 Å². The fraction of sp³-hybridized carbons (Fsp3) is 0.714. The molecule has 0 bridgehead atoms. The van der Waals surface area contributed by atoms with E-state index in [4.69, 9.17) is 0 Å². The highest BCUT2D eigenvalue weighted by Crippen LogP contribution is 2.11. The molecule has 76 valence electrons. The van der Waals surface area contributed by atoms with Crippen LogP contribution < -0.4 is 5.32 Å². The largest absolute Gasteiger partial charge is 0.349 e. The Morgan fingerprint density at radius 2 is 2.15 bits per heavy atom. The van der Waals surface area contributed by atoms with Gasteiger partial charge in [0, 0.05) is 0 Å². The molecule has 1 N–H and O–H groups in total. The van der Waals surface area contributed by atoms with E-state index in [0.717, 1.165) is 0 Å². The Balaban J connectivity index is 3.89. The van der Waals surface area contributed by atoms with Gasteiger partial charge in [-0.05, 0) is 6.92 Å². The SMILES string of the molecule is CC(C=O)C(=O)NCC(F)(F)CF. The molecule has 1 amide bonds. The van der Waals surface area contributed by atoms with Crippen LogP contribution in [0.1, 0.15) is 6.92 Å². The van der Waals surface area contributed by atoms with Crippen molar-refractivity contribution >= 4 is 12.2 Å². The van der Waals surface area contributed by atoms with E-state index in [2.05, 4.69) is 0 Å². The van der Waals surface area contributed by atoms with E-state index in [1.165, 1.54) is 6.92 Å². The molecule has 0 aromatic carbocycles. The Hall–Kier alpha value is -1.07. The molecule has 13 heavy (non-hydrogen) atoms. The monoisotopic (exact) mass is 197 g/mol. The lowest BCUT2D eigenvalue weighted by Gasteiger charge is -2.13. The molecular weight excluding hydrogens is 187 g/mol. The molecule has 1 atom stereocenters. The van der Waals surface area contributed by atoms with E-state index in [9.17, 15) is 22.8 Å². The zero-order chi connectivity index (χ0) is 10.5. The minimum absolute atomic E-state index is 0.322. The van der Waals surface area contributed by atoms with Gasteiger partial charge in [0.15, 0.2) is 6.67 Å². The smallest absolute Gasteiger partial charge is 0.292 e. The molecule has 0 saturated heterocycles. The lowest BCUT2D eigenvalue weighted by molar-refractivity contribution is -0.130. The molecule has 6 heteroatoms. The Labute approximate surface area is 73.3 Å². The van der Waals surface area contributed by atoms with Crippen molar-refractivity contribution in [3.05, 3.63) is 0 Å². The number of amides is 1. The zero-order valence-corrected chi connectivity index (χ0v) is 7.02. The molecule has 0 aliphatic rings. The molecule has 0 fully saturated rings. The molecule has 0 aromatic rings. The third kappa shape index (κ3) is 4.49. The second-order valence-electron chi connectivity index (χ2n) is 2.63. The minimum Gasteiger partial charge on any atom is -0.349 e. The Bertz CT molecular complexity index is 196. The van der Waals surface area contributed by atoms with E-state index in [1.807, 2.05) is 0 Å². The zero-order valence-electron chi connectivity index (χ0n) is 7.02. The highest BCUT2D eigenvalue weighted by Gasteiger charge is 2.29. The fourth-order valence-electron chi connectivity index (χ4n) is 0.486. The number of hydrogen-bond acceptors (Lipinski definition) is 2. The maximum atomic E-state index is 12.2. The van der Waals surface area contributed by atoms with Crippen LogP contribution >= 0.6 is 0 Å². The topological polar surface area (TPSA) is 46.2 Å². The summed E-state index contributed by atoms with van der Waals surface area (Å²) in [6.07, 6.45) is 0.322. The number of nitrogens with one attached hydrogen (secondary N) is 1. The Kier molecular flexibility index (Phi) is 4.44. The van der Waals surface area contributed by atoms with Crippen molar-refractivity contribution in [2.45, 2.75) is 12.8 Å². The number of carbonyl (C=O) groups excluding carboxylic acids is 2. The average molecular weight is 197 g/mol. The third-order valence-electron chi connectivity index (χ3n) is 1.33. The summed E-state index contributed by atoms with van der Waals surface area (Å²) in [5.41, 5.74) is 0. The molecule has 1 unspecified atom stereocenters. The fourth-order valence-corrected chi connectivity index (χ4v) is 0.486. The van der Waals surface area contributed by atoms with Gasteiger partial charge in [0.25, 0.3) is 5.92 Å². The number of carbonyl (C=O) groups is 2. The molecule has 0 saturated carbocycles. The first-order valence-electron chi connectivity index (χ1n) is 3.60. The van der Waals surface area contributed by atoms with Gasteiger partial charge in [0.2, 0.25) is 5.91 Å². The van der Waals surface area contributed by atoms with Crippen molar-refractivity contribution in [1.29, 1.82) is 0 Å². The first-order valence-corrected chi connectivity index (χ1v) is 3.60. The van der Waals surface area contributed by atoms with Crippen molar-refractivity contribution in [1.82, 2.24) is 5.32 Å². The van der Waals surface area contributed by atoms with Crippen molar-refractivity contribution in [3.8, 4) is 0 Å². The van der Waals surface area contributed by atoms with Crippen LogP contribution in [0.4, 0.5) is 13.2 Å². The van der Waals surface area contributed by atoms with Gasteiger partial charge in [-0.2, -0.15) is 0 Å². The third-order valence-corrected chi connectivity index (χ3v) is 1.33. The number of halogens is 3. The van der Waals surface area contributed by atoms with Crippen LogP contribution in [0.3, 0.4) is 0 Å². The van der Waals surface area contributed by atoms with Crippen LogP contribution in [0.15, 0.2) is 0 Å². The van der Waals surface area contributed by atoms with Gasteiger partial charge in [0.1, 0.15) is 6.29 Å². The number of alkyl halides is 3. The van der Waals surface area contributed by atoms with E-state index < -0.39 is 31.0 Å². The quantitative estimate of drug-likeness (QED) is 0.516. The van der Waals surface area contributed by atoms with Gasteiger partial charge in [-0.3, -0.25) is 4.79 Å². The van der Waals surface area contributed by atoms with Crippen molar-refractivity contribution < 1.29 is 22.8 Å².